The van der Waals surface area contributed by atoms with Crippen molar-refractivity contribution in [3.8, 4) is 0 Å². The molecule has 2 aliphatic heterocycles. The molecule has 0 saturated carbocycles. The van der Waals surface area contributed by atoms with E-state index in [1.165, 1.54) is 17.9 Å². The van der Waals surface area contributed by atoms with E-state index in [-0.39, 0.29) is 5.95 Å². The molecule has 0 bridgehead atoms. The monoisotopic (exact) mass is 302 g/mol. The Labute approximate surface area is 133 Å². The van der Waals surface area contributed by atoms with Crippen LogP contribution in [0.2, 0.25) is 0 Å². The molecule has 112 valence electrons. The van der Waals surface area contributed by atoms with Gasteiger partial charge in [-0.3, -0.25) is 0 Å². The smallest absolute Gasteiger partial charge is 0.300 e. The Morgan fingerprint density at radius 1 is 1.09 bits per heavy atom. The Morgan fingerprint density at radius 3 is 2.65 bits per heavy atom. The second-order valence-corrected chi connectivity index (χ2v) is 5.37. The van der Waals surface area contributed by atoms with Crippen molar-refractivity contribution in [1.29, 1.82) is 0 Å². The van der Waals surface area contributed by atoms with Crippen LogP contribution in [0.5, 0.6) is 0 Å². The SMILES string of the molecule is COC([O-])=C1C=CN(c2cc3c4c(cccc4c2)C=[N+]=C3)C=C1. The van der Waals surface area contributed by atoms with E-state index in [1.54, 1.807) is 12.2 Å². The molecule has 4 rings (SSSR count). The maximum atomic E-state index is 11.5. The first-order chi connectivity index (χ1) is 11.3. The third-order valence-electron chi connectivity index (χ3n) is 4.00. The van der Waals surface area contributed by atoms with Gasteiger partial charge >= 0.3 is 0 Å². The molecule has 0 aromatic heterocycles. The highest BCUT2D eigenvalue weighted by atomic mass is 16.6. The van der Waals surface area contributed by atoms with Crippen molar-refractivity contribution in [2.24, 2.45) is 0 Å². The van der Waals surface area contributed by atoms with Crippen molar-refractivity contribution >= 4 is 28.9 Å². The van der Waals surface area contributed by atoms with Gasteiger partial charge in [-0.1, -0.05) is 16.8 Å². The van der Waals surface area contributed by atoms with Gasteiger partial charge in [-0.05, 0) is 48.4 Å². The highest BCUT2D eigenvalue weighted by Gasteiger charge is 2.16. The Bertz CT molecular complexity index is 945. The third kappa shape index (κ3) is 2.22. The van der Waals surface area contributed by atoms with E-state index in [1.807, 2.05) is 35.8 Å². The standard InChI is InChI=1S/C19H14N2O2/c1-23-19(22)13-5-7-21(8-6-13)17-9-14-3-2-4-15-11-20-12-16(10-17)18(14)15/h2-12H,1H3. The minimum Gasteiger partial charge on any atom is -0.616 e. The number of ether oxygens (including phenoxy) is 1. The van der Waals surface area contributed by atoms with Crippen LogP contribution in [-0.2, 0) is 4.74 Å². The van der Waals surface area contributed by atoms with Gasteiger partial charge in [0, 0.05) is 23.5 Å². The first kappa shape index (κ1) is 13.4. The molecule has 0 saturated heterocycles. The predicted molar refractivity (Wildman–Crippen MR) is 91.2 cm³/mol. The van der Waals surface area contributed by atoms with Gasteiger partial charge in [0.05, 0.1) is 17.1 Å². The number of hydrogen-bond acceptors (Lipinski definition) is 3. The van der Waals surface area contributed by atoms with E-state index < -0.39 is 0 Å². The van der Waals surface area contributed by atoms with Gasteiger partial charge in [0.2, 0.25) is 0 Å². The molecule has 0 unspecified atom stereocenters. The molecule has 0 radical (unpaired) electrons. The fourth-order valence-corrected chi connectivity index (χ4v) is 2.88. The fourth-order valence-electron chi connectivity index (χ4n) is 2.88. The van der Waals surface area contributed by atoms with Gasteiger partial charge < -0.3 is 14.7 Å². The lowest BCUT2D eigenvalue weighted by Gasteiger charge is -2.22. The van der Waals surface area contributed by atoms with Crippen molar-refractivity contribution in [1.82, 2.24) is 4.67 Å². The highest BCUT2D eigenvalue weighted by Crippen LogP contribution is 2.29. The first-order valence-electron chi connectivity index (χ1n) is 7.29. The first-order valence-corrected chi connectivity index (χ1v) is 7.29. The molecule has 0 spiro atoms. The lowest BCUT2D eigenvalue weighted by molar-refractivity contribution is -0.354. The maximum absolute atomic E-state index is 11.5. The molecule has 2 aromatic rings. The molecule has 0 atom stereocenters. The summed E-state index contributed by atoms with van der Waals surface area (Å²) >= 11 is 0. The number of rotatable bonds is 2. The summed E-state index contributed by atoms with van der Waals surface area (Å²) in [5.41, 5.74) is 3.79. The maximum Gasteiger partial charge on any atom is 0.300 e. The average Bonchev–Trinajstić information content (AvgIpc) is 2.61. The van der Waals surface area contributed by atoms with Crippen LogP contribution in [0.4, 0.5) is 5.69 Å². The largest absolute Gasteiger partial charge is 0.616 e. The number of benzene rings is 2. The molecular formula is C19H14N2O2. The van der Waals surface area contributed by atoms with Crippen molar-refractivity contribution in [3.63, 3.8) is 0 Å². The lowest BCUT2D eigenvalue weighted by atomic mass is 9.98. The van der Waals surface area contributed by atoms with Gasteiger partial charge in [-0.25, -0.2) is 0 Å². The van der Waals surface area contributed by atoms with Crippen molar-refractivity contribution < 1.29 is 9.84 Å². The topological polar surface area (TPSA) is 49.6 Å². The summed E-state index contributed by atoms with van der Waals surface area (Å²) in [7, 11) is 1.38. The molecule has 4 heteroatoms. The highest BCUT2D eigenvalue weighted by molar-refractivity contribution is 6.12. The number of allylic oxidation sites excluding steroid dienone is 3. The van der Waals surface area contributed by atoms with Crippen LogP contribution in [0.25, 0.3) is 10.8 Å². The van der Waals surface area contributed by atoms with E-state index in [9.17, 15) is 5.11 Å². The van der Waals surface area contributed by atoms with E-state index in [0.29, 0.717) is 5.57 Å². The molecule has 23 heavy (non-hydrogen) atoms. The molecular weight excluding hydrogens is 288 g/mol. The summed E-state index contributed by atoms with van der Waals surface area (Å²) < 4.78 is 9.03. The fraction of sp³-hybridized carbons (Fsp3) is 0.0526. The van der Waals surface area contributed by atoms with Gasteiger partial charge in [-0.15, -0.1) is 0 Å². The zero-order valence-electron chi connectivity index (χ0n) is 12.6. The van der Waals surface area contributed by atoms with Gasteiger partial charge in [0.25, 0.3) is 12.4 Å². The summed E-state index contributed by atoms with van der Waals surface area (Å²) in [4.78, 5) is 1.97. The summed E-state index contributed by atoms with van der Waals surface area (Å²) in [6.45, 7) is 0. The van der Waals surface area contributed by atoms with Gasteiger partial charge in [0.1, 0.15) is 0 Å². The Morgan fingerprint density at radius 2 is 1.87 bits per heavy atom. The summed E-state index contributed by atoms with van der Waals surface area (Å²) in [5, 5.41) is 13.9. The zero-order chi connectivity index (χ0) is 15.8. The molecule has 0 amide bonds. The van der Waals surface area contributed by atoms with Crippen molar-refractivity contribution in [3.05, 3.63) is 77.5 Å². The second-order valence-electron chi connectivity index (χ2n) is 5.37. The minimum absolute atomic E-state index is 0.335. The Kier molecular flexibility index (Phi) is 3.04. The molecule has 2 heterocycles. The lowest BCUT2D eigenvalue weighted by Crippen LogP contribution is -2.14. The summed E-state index contributed by atoms with van der Waals surface area (Å²) in [5.74, 6) is -0.335. The second kappa shape index (κ2) is 5.20. The van der Waals surface area contributed by atoms with Crippen LogP contribution < -0.4 is 14.7 Å². The Hall–Kier alpha value is -3.23. The third-order valence-corrected chi connectivity index (χ3v) is 4.00. The molecule has 2 aromatic carbocycles. The van der Waals surface area contributed by atoms with E-state index in [2.05, 4.69) is 28.9 Å². The molecule has 0 fully saturated rings. The molecule has 0 N–H and O–H groups in total. The Balaban J connectivity index is 1.79. The summed E-state index contributed by atoms with van der Waals surface area (Å²) in [6, 6.07) is 10.4. The number of methoxy groups -OCH3 is 1. The zero-order valence-corrected chi connectivity index (χ0v) is 12.6. The average molecular weight is 302 g/mol. The predicted octanol–water partition coefficient (Wildman–Crippen LogP) is 1.82. The number of nitrogens with zero attached hydrogens (tertiary/aromatic N) is 2. The van der Waals surface area contributed by atoms with Crippen LogP contribution in [0.1, 0.15) is 11.1 Å². The quantitative estimate of drug-likeness (QED) is 0.536. The minimum atomic E-state index is -0.335. The van der Waals surface area contributed by atoms with E-state index in [0.717, 1.165) is 16.8 Å². The van der Waals surface area contributed by atoms with Crippen LogP contribution >= 0.6 is 0 Å². The molecule has 0 aliphatic carbocycles. The van der Waals surface area contributed by atoms with Crippen molar-refractivity contribution in [2.45, 2.75) is 0 Å². The van der Waals surface area contributed by atoms with Crippen LogP contribution in [0.15, 0.2) is 66.4 Å². The number of hydrogen-bond donors (Lipinski definition) is 0. The van der Waals surface area contributed by atoms with Crippen LogP contribution in [0, 0.1) is 0 Å². The van der Waals surface area contributed by atoms with Gasteiger partial charge in [0.15, 0.2) is 0 Å². The van der Waals surface area contributed by atoms with Crippen molar-refractivity contribution in [2.75, 3.05) is 12.0 Å². The van der Waals surface area contributed by atoms with E-state index >= 15 is 0 Å². The van der Waals surface area contributed by atoms with Crippen LogP contribution in [0.3, 0.4) is 0 Å². The number of anilines is 1. The normalized spacial score (nSPS) is 14.7. The van der Waals surface area contributed by atoms with Gasteiger partial charge in [-0.2, -0.15) is 0 Å². The molecule has 4 nitrogen and oxygen atoms in total. The van der Waals surface area contributed by atoms with Crippen LogP contribution in [-0.4, -0.2) is 19.5 Å². The van der Waals surface area contributed by atoms with E-state index in [4.69, 9.17) is 4.74 Å². The summed E-state index contributed by atoms with van der Waals surface area (Å²) in [6.07, 6.45) is 11.0. The molecule has 2 aliphatic rings.